The molecule has 0 amide bonds. The third kappa shape index (κ3) is 3.05. The van der Waals surface area contributed by atoms with E-state index in [1.807, 2.05) is 6.07 Å². The van der Waals surface area contributed by atoms with Crippen molar-refractivity contribution in [3.8, 4) is 12.1 Å². The number of aromatic nitrogens is 3. The van der Waals surface area contributed by atoms with Gasteiger partial charge in [0.2, 0.25) is 11.9 Å². The highest BCUT2D eigenvalue weighted by molar-refractivity contribution is 6.33. The second-order valence-corrected chi connectivity index (χ2v) is 4.06. The average Bonchev–Trinajstić information content (AvgIpc) is 2.48. The summed E-state index contributed by atoms with van der Waals surface area (Å²) in [6, 6.07) is 7.07. The van der Waals surface area contributed by atoms with Gasteiger partial charge in [-0.3, -0.25) is 0 Å². The topological polar surface area (TPSA) is 95.8 Å². The minimum absolute atomic E-state index is 0.177. The molecule has 20 heavy (non-hydrogen) atoms. The van der Waals surface area contributed by atoms with Crippen molar-refractivity contribution in [2.24, 2.45) is 0 Å². The van der Waals surface area contributed by atoms with Crippen LogP contribution in [0.15, 0.2) is 18.2 Å². The summed E-state index contributed by atoms with van der Waals surface area (Å²) in [6.07, 6.45) is 0. The van der Waals surface area contributed by atoms with Crippen LogP contribution in [0.5, 0.6) is 6.01 Å². The molecule has 2 aromatic rings. The number of methoxy groups -OCH3 is 1. The molecule has 1 aromatic heterocycles. The van der Waals surface area contributed by atoms with Crippen LogP contribution < -0.4 is 15.4 Å². The lowest BCUT2D eigenvalue weighted by atomic mass is 10.2. The first-order valence-corrected chi connectivity index (χ1v) is 5.98. The summed E-state index contributed by atoms with van der Waals surface area (Å²) in [5, 5.41) is 14.9. The Labute approximate surface area is 120 Å². The zero-order valence-electron chi connectivity index (χ0n) is 10.8. The Morgan fingerprint density at radius 1 is 1.25 bits per heavy atom. The second kappa shape index (κ2) is 6.04. The van der Waals surface area contributed by atoms with Crippen molar-refractivity contribution in [2.45, 2.75) is 0 Å². The maximum absolute atomic E-state index is 8.79. The Morgan fingerprint density at radius 3 is 2.60 bits per heavy atom. The largest absolute Gasteiger partial charge is 0.467 e. The number of hydrogen-bond acceptors (Lipinski definition) is 7. The van der Waals surface area contributed by atoms with Gasteiger partial charge in [0.05, 0.1) is 29.5 Å². The van der Waals surface area contributed by atoms with E-state index >= 15 is 0 Å². The van der Waals surface area contributed by atoms with Crippen LogP contribution in [0.1, 0.15) is 5.56 Å². The van der Waals surface area contributed by atoms with Crippen LogP contribution in [0, 0.1) is 11.3 Å². The number of nitrogens with one attached hydrogen (secondary N) is 2. The van der Waals surface area contributed by atoms with Gasteiger partial charge in [-0.15, -0.1) is 0 Å². The first-order chi connectivity index (χ1) is 9.66. The molecule has 0 saturated heterocycles. The van der Waals surface area contributed by atoms with Crippen molar-refractivity contribution in [3.63, 3.8) is 0 Å². The molecule has 2 N–H and O–H groups in total. The predicted molar refractivity (Wildman–Crippen MR) is 75.4 cm³/mol. The van der Waals surface area contributed by atoms with Gasteiger partial charge in [0.15, 0.2) is 0 Å². The van der Waals surface area contributed by atoms with Gasteiger partial charge in [0.25, 0.3) is 0 Å². The molecule has 0 bridgehead atoms. The summed E-state index contributed by atoms with van der Waals surface area (Å²) in [5.74, 6) is 0.650. The summed E-state index contributed by atoms with van der Waals surface area (Å²) in [4.78, 5) is 12.2. The van der Waals surface area contributed by atoms with Crippen molar-refractivity contribution in [1.29, 1.82) is 5.26 Å². The first-order valence-electron chi connectivity index (χ1n) is 5.60. The molecule has 1 aromatic carbocycles. The molecule has 0 atom stereocenters. The minimum Gasteiger partial charge on any atom is -0.467 e. The quantitative estimate of drug-likeness (QED) is 0.891. The van der Waals surface area contributed by atoms with Crippen molar-refractivity contribution >= 4 is 29.2 Å². The Kier molecular flexibility index (Phi) is 4.17. The van der Waals surface area contributed by atoms with Crippen LogP contribution in [-0.2, 0) is 0 Å². The second-order valence-electron chi connectivity index (χ2n) is 3.65. The molecule has 0 radical (unpaired) electrons. The number of nitriles is 1. The van der Waals surface area contributed by atoms with E-state index in [4.69, 9.17) is 21.6 Å². The first kappa shape index (κ1) is 13.8. The van der Waals surface area contributed by atoms with Crippen molar-refractivity contribution in [2.75, 3.05) is 24.8 Å². The normalized spacial score (nSPS) is 9.70. The summed E-state index contributed by atoms with van der Waals surface area (Å²) < 4.78 is 4.98. The Bertz CT molecular complexity index is 647. The molecular weight excluding hydrogens is 280 g/mol. The molecule has 8 heteroatoms. The molecule has 0 saturated carbocycles. The SMILES string of the molecule is CNc1nc(Nc2ccc(C#N)cc2Cl)nc(OC)n1. The molecule has 0 fully saturated rings. The number of benzene rings is 1. The van der Waals surface area contributed by atoms with E-state index in [-0.39, 0.29) is 12.0 Å². The van der Waals surface area contributed by atoms with Crippen LogP contribution in [-0.4, -0.2) is 29.1 Å². The van der Waals surface area contributed by atoms with E-state index in [9.17, 15) is 0 Å². The van der Waals surface area contributed by atoms with Gasteiger partial charge in [-0.1, -0.05) is 11.6 Å². The number of ether oxygens (including phenoxy) is 1. The summed E-state index contributed by atoms with van der Waals surface area (Å²) >= 11 is 6.07. The number of anilines is 3. The van der Waals surface area contributed by atoms with Crippen molar-refractivity contribution < 1.29 is 4.74 Å². The number of halogens is 1. The lowest BCUT2D eigenvalue weighted by Gasteiger charge is -2.09. The number of rotatable bonds is 4. The molecule has 1 heterocycles. The highest BCUT2D eigenvalue weighted by atomic mass is 35.5. The van der Waals surface area contributed by atoms with E-state index in [0.717, 1.165) is 0 Å². The average molecular weight is 291 g/mol. The van der Waals surface area contributed by atoms with Gasteiger partial charge < -0.3 is 15.4 Å². The molecule has 7 nitrogen and oxygen atoms in total. The molecule has 2 rings (SSSR count). The smallest absolute Gasteiger partial charge is 0.322 e. The highest BCUT2D eigenvalue weighted by Crippen LogP contribution is 2.25. The Morgan fingerprint density at radius 2 is 2.00 bits per heavy atom. The molecule has 102 valence electrons. The molecule has 0 unspecified atom stereocenters. The fourth-order valence-corrected chi connectivity index (χ4v) is 1.65. The van der Waals surface area contributed by atoms with E-state index in [1.54, 1.807) is 25.2 Å². The highest BCUT2D eigenvalue weighted by Gasteiger charge is 2.08. The van der Waals surface area contributed by atoms with Crippen LogP contribution in [0.2, 0.25) is 5.02 Å². The lowest BCUT2D eigenvalue weighted by Crippen LogP contribution is -2.05. The molecular formula is C12H11ClN6O. The fraction of sp³-hybridized carbons (Fsp3) is 0.167. The zero-order valence-corrected chi connectivity index (χ0v) is 11.6. The maximum Gasteiger partial charge on any atom is 0.322 e. The van der Waals surface area contributed by atoms with Gasteiger partial charge in [-0.05, 0) is 18.2 Å². The van der Waals surface area contributed by atoms with Crippen LogP contribution in [0.25, 0.3) is 0 Å². The van der Waals surface area contributed by atoms with Gasteiger partial charge >= 0.3 is 6.01 Å². The number of hydrogen-bond donors (Lipinski definition) is 2. The predicted octanol–water partition coefficient (Wildman–Crippen LogP) is 2.19. The van der Waals surface area contributed by atoms with Gasteiger partial charge in [0.1, 0.15) is 0 Å². The van der Waals surface area contributed by atoms with Gasteiger partial charge in [-0.2, -0.15) is 20.2 Å². The maximum atomic E-state index is 8.79. The van der Waals surface area contributed by atoms with E-state index in [1.165, 1.54) is 7.11 Å². The summed E-state index contributed by atoms with van der Waals surface area (Å²) in [5.41, 5.74) is 1.06. The summed E-state index contributed by atoms with van der Waals surface area (Å²) in [7, 11) is 3.15. The standard InChI is InChI=1S/C12H11ClN6O/c1-15-10-17-11(19-12(18-10)20-2)16-9-4-3-7(6-14)5-8(9)13/h3-5H,1-2H3,(H2,15,16,17,18,19). The third-order valence-electron chi connectivity index (χ3n) is 2.37. The Balaban J connectivity index is 2.32. The zero-order chi connectivity index (χ0) is 14.5. The van der Waals surface area contributed by atoms with E-state index in [2.05, 4.69) is 25.6 Å². The van der Waals surface area contributed by atoms with Crippen LogP contribution >= 0.6 is 11.6 Å². The van der Waals surface area contributed by atoms with Crippen LogP contribution in [0.3, 0.4) is 0 Å². The van der Waals surface area contributed by atoms with E-state index < -0.39 is 0 Å². The monoisotopic (exact) mass is 290 g/mol. The number of nitrogens with zero attached hydrogens (tertiary/aromatic N) is 4. The molecule has 0 aliphatic heterocycles. The molecule has 0 aliphatic carbocycles. The van der Waals surface area contributed by atoms with Gasteiger partial charge in [-0.25, -0.2) is 0 Å². The Hall–Kier alpha value is -2.59. The third-order valence-corrected chi connectivity index (χ3v) is 2.68. The van der Waals surface area contributed by atoms with E-state index in [0.29, 0.717) is 22.2 Å². The van der Waals surface area contributed by atoms with Crippen LogP contribution in [0.4, 0.5) is 17.6 Å². The summed E-state index contributed by atoms with van der Waals surface area (Å²) in [6.45, 7) is 0. The molecule has 0 aliphatic rings. The minimum atomic E-state index is 0.177. The van der Waals surface area contributed by atoms with Crippen molar-refractivity contribution in [3.05, 3.63) is 28.8 Å². The van der Waals surface area contributed by atoms with Crippen molar-refractivity contribution in [1.82, 2.24) is 15.0 Å². The van der Waals surface area contributed by atoms with Gasteiger partial charge in [0, 0.05) is 7.05 Å². The lowest BCUT2D eigenvalue weighted by molar-refractivity contribution is 0.379. The molecule has 0 spiro atoms. The fourth-order valence-electron chi connectivity index (χ4n) is 1.42.